The molecule has 18 heavy (non-hydrogen) atoms. The summed E-state index contributed by atoms with van der Waals surface area (Å²) in [5, 5.41) is 12.2. The third kappa shape index (κ3) is 5.37. The summed E-state index contributed by atoms with van der Waals surface area (Å²) in [6, 6.07) is 3.01. The van der Waals surface area contributed by atoms with Gasteiger partial charge in [0, 0.05) is 12.6 Å². The molecular weight excluding hydrogens is 222 g/mol. The molecule has 1 N–H and O–H groups in total. The van der Waals surface area contributed by atoms with Crippen LogP contribution in [-0.2, 0) is 0 Å². The lowest BCUT2D eigenvalue weighted by atomic mass is 9.97. The number of nitrogens with zero attached hydrogens (tertiary/aromatic N) is 2. The highest BCUT2D eigenvalue weighted by Gasteiger charge is 2.25. The van der Waals surface area contributed by atoms with Gasteiger partial charge in [-0.2, -0.15) is 5.26 Å². The largest absolute Gasteiger partial charge is 0.303 e. The topological polar surface area (TPSA) is 39.1 Å². The second-order valence-electron chi connectivity index (χ2n) is 6.18. The van der Waals surface area contributed by atoms with Gasteiger partial charge in [-0.1, -0.05) is 0 Å². The van der Waals surface area contributed by atoms with Gasteiger partial charge in [-0.25, -0.2) is 0 Å². The molecule has 1 unspecified atom stereocenters. The van der Waals surface area contributed by atoms with Crippen molar-refractivity contribution in [1.82, 2.24) is 10.2 Å². The Morgan fingerprint density at radius 1 is 1.39 bits per heavy atom. The highest BCUT2D eigenvalue weighted by molar-refractivity contribution is 5.02. The average Bonchev–Trinajstić information content (AvgIpc) is 3.16. The fraction of sp³-hybridized carbons (Fsp3) is 0.933. The number of hydrogen-bond donors (Lipinski definition) is 1. The highest BCUT2D eigenvalue weighted by atomic mass is 15.1. The van der Waals surface area contributed by atoms with Crippen molar-refractivity contribution in [2.75, 3.05) is 20.1 Å². The van der Waals surface area contributed by atoms with Gasteiger partial charge in [0.2, 0.25) is 0 Å². The van der Waals surface area contributed by atoms with Crippen LogP contribution in [0.4, 0.5) is 0 Å². The standard InChI is InChI=1S/C15H29N3/c1-13(2)18(11-14-7-8-14)10-6-5-9-15(3,12-16)17-4/h13-14,17H,5-11H2,1-4H3. The van der Waals surface area contributed by atoms with Gasteiger partial charge in [0.1, 0.15) is 5.54 Å². The van der Waals surface area contributed by atoms with Crippen LogP contribution in [0.5, 0.6) is 0 Å². The molecule has 1 fully saturated rings. The van der Waals surface area contributed by atoms with Crippen molar-refractivity contribution in [1.29, 1.82) is 5.26 Å². The van der Waals surface area contributed by atoms with Gasteiger partial charge in [0.25, 0.3) is 0 Å². The predicted molar refractivity (Wildman–Crippen MR) is 76.4 cm³/mol. The molecule has 0 heterocycles. The second-order valence-corrected chi connectivity index (χ2v) is 6.18. The molecule has 1 rings (SSSR count). The third-order valence-corrected chi connectivity index (χ3v) is 4.09. The summed E-state index contributed by atoms with van der Waals surface area (Å²) in [4.78, 5) is 2.60. The molecule has 0 spiro atoms. The molecule has 1 saturated carbocycles. The van der Waals surface area contributed by atoms with E-state index < -0.39 is 0 Å². The Labute approximate surface area is 113 Å². The van der Waals surface area contributed by atoms with Crippen molar-refractivity contribution >= 4 is 0 Å². The van der Waals surface area contributed by atoms with Crippen LogP contribution in [-0.4, -0.2) is 36.6 Å². The Kier molecular flexibility index (Phi) is 6.11. The minimum absolute atomic E-state index is 0.348. The van der Waals surface area contributed by atoms with Gasteiger partial charge < -0.3 is 10.2 Å². The van der Waals surface area contributed by atoms with Crippen LogP contribution in [0.3, 0.4) is 0 Å². The van der Waals surface area contributed by atoms with E-state index >= 15 is 0 Å². The number of hydrogen-bond acceptors (Lipinski definition) is 3. The number of nitrogens with one attached hydrogen (secondary N) is 1. The van der Waals surface area contributed by atoms with Crippen LogP contribution in [0, 0.1) is 17.2 Å². The molecule has 0 aliphatic heterocycles. The van der Waals surface area contributed by atoms with E-state index in [-0.39, 0.29) is 5.54 Å². The van der Waals surface area contributed by atoms with E-state index in [0.29, 0.717) is 6.04 Å². The predicted octanol–water partition coefficient (Wildman–Crippen LogP) is 2.78. The SMILES string of the molecule is CNC(C)(C#N)CCCCN(CC1CC1)C(C)C. The number of nitriles is 1. The maximum atomic E-state index is 9.09. The molecule has 1 aliphatic rings. The quantitative estimate of drug-likeness (QED) is 0.640. The van der Waals surface area contributed by atoms with Gasteiger partial charge in [0.15, 0.2) is 0 Å². The van der Waals surface area contributed by atoms with Crippen molar-refractivity contribution < 1.29 is 0 Å². The summed E-state index contributed by atoms with van der Waals surface area (Å²) in [7, 11) is 1.87. The first-order valence-corrected chi connectivity index (χ1v) is 7.35. The summed E-state index contributed by atoms with van der Waals surface area (Å²) >= 11 is 0. The van der Waals surface area contributed by atoms with Crippen molar-refractivity contribution in [3.8, 4) is 6.07 Å². The molecule has 104 valence electrons. The van der Waals surface area contributed by atoms with E-state index in [1.54, 1.807) is 0 Å². The number of rotatable bonds is 9. The first-order valence-electron chi connectivity index (χ1n) is 7.35. The van der Waals surface area contributed by atoms with Crippen LogP contribution in [0.2, 0.25) is 0 Å². The number of unbranched alkanes of at least 4 members (excludes halogenated alkanes) is 1. The van der Waals surface area contributed by atoms with Crippen molar-refractivity contribution in [2.24, 2.45) is 5.92 Å². The zero-order chi connectivity index (χ0) is 13.6. The lowest BCUT2D eigenvalue weighted by molar-refractivity contribution is 0.206. The van der Waals surface area contributed by atoms with E-state index in [0.717, 1.165) is 18.8 Å². The van der Waals surface area contributed by atoms with Crippen LogP contribution in [0.15, 0.2) is 0 Å². The molecule has 0 radical (unpaired) electrons. The second kappa shape index (κ2) is 7.11. The molecule has 0 aromatic heterocycles. The lowest BCUT2D eigenvalue weighted by Crippen LogP contribution is -2.38. The maximum absolute atomic E-state index is 9.09. The monoisotopic (exact) mass is 251 g/mol. The lowest BCUT2D eigenvalue weighted by Gasteiger charge is -2.27. The molecule has 3 nitrogen and oxygen atoms in total. The van der Waals surface area contributed by atoms with Gasteiger partial charge >= 0.3 is 0 Å². The van der Waals surface area contributed by atoms with E-state index in [4.69, 9.17) is 5.26 Å². The van der Waals surface area contributed by atoms with Crippen LogP contribution in [0.1, 0.15) is 52.9 Å². The summed E-state index contributed by atoms with van der Waals surface area (Å²) in [5.74, 6) is 0.967. The van der Waals surface area contributed by atoms with Crippen LogP contribution < -0.4 is 5.32 Å². The summed E-state index contributed by atoms with van der Waals surface area (Å²) in [6.07, 6.45) is 6.11. The highest BCUT2D eigenvalue weighted by Crippen LogP contribution is 2.30. The van der Waals surface area contributed by atoms with Gasteiger partial charge in [-0.15, -0.1) is 0 Å². The minimum Gasteiger partial charge on any atom is -0.303 e. The summed E-state index contributed by atoms with van der Waals surface area (Å²) in [5.41, 5.74) is -0.348. The zero-order valence-electron chi connectivity index (χ0n) is 12.5. The zero-order valence-corrected chi connectivity index (χ0v) is 12.5. The molecule has 0 aromatic rings. The Morgan fingerprint density at radius 2 is 2.06 bits per heavy atom. The molecule has 0 saturated heterocycles. The molecule has 0 amide bonds. The van der Waals surface area contributed by atoms with Crippen molar-refractivity contribution in [3.05, 3.63) is 0 Å². The molecule has 0 bridgehead atoms. The molecule has 1 aliphatic carbocycles. The van der Waals surface area contributed by atoms with E-state index in [2.05, 4.69) is 30.1 Å². The van der Waals surface area contributed by atoms with Crippen LogP contribution >= 0.6 is 0 Å². The first-order chi connectivity index (χ1) is 8.50. The van der Waals surface area contributed by atoms with E-state index in [9.17, 15) is 0 Å². The summed E-state index contributed by atoms with van der Waals surface area (Å²) in [6.45, 7) is 9.01. The van der Waals surface area contributed by atoms with E-state index in [1.165, 1.54) is 32.4 Å². The van der Waals surface area contributed by atoms with Crippen molar-refractivity contribution in [2.45, 2.75) is 64.5 Å². The normalized spacial score (nSPS) is 18.9. The van der Waals surface area contributed by atoms with Gasteiger partial charge in [-0.05, 0) is 72.4 Å². The Bertz CT molecular complexity index is 278. The van der Waals surface area contributed by atoms with Crippen LogP contribution in [0.25, 0.3) is 0 Å². The maximum Gasteiger partial charge on any atom is 0.103 e. The fourth-order valence-corrected chi connectivity index (χ4v) is 2.22. The third-order valence-electron chi connectivity index (χ3n) is 4.09. The fourth-order valence-electron chi connectivity index (χ4n) is 2.22. The first kappa shape index (κ1) is 15.5. The molecular formula is C15H29N3. The Hall–Kier alpha value is -0.590. The minimum atomic E-state index is -0.348. The Balaban J connectivity index is 2.20. The summed E-state index contributed by atoms with van der Waals surface area (Å²) < 4.78 is 0. The molecule has 1 atom stereocenters. The van der Waals surface area contributed by atoms with Gasteiger partial charge in [-0.3, -0.25) is 0 Å². The average molecular weight is 251 g/mol. The molecule has 0 aromatic carbocycles. The smallest absolute Gasteiger partial charge is 0.103 e. The Morgan fingerprint density at radius 3 is 2.50 bits per heavy atom. The van der Waals surface area contributed by atoms with Crippen molar-refractivity contribution in [3.63, 3.8) is 0 Å². The van der Waals surface area contributed by atoms with E-state index in [1.807, 2.05) is 14.0 Å². The molecule has 3 heteroatoms. The van der Waals surface area contributed by atoms with Gasteiger partial charge in [0.05, 0.1) is 6.07 Å².